The molecule has 0 fully saturated rings. The highest BCUT2D eigenvalue weighted by molar-refractivity contribution is 8.76. The van der Waals surface area contributed by atoms with Crippen LogP contribution in [0.1, 0.15) is 27.2 Å². The SMILES string of the molecule is CCNCCSSCCC(=O)C(C)C. The van der Waals surface area contributed by atoms with Gasteiger partial charge in [-0.15, -0.1) is 0 Å². The Kier molecular flexibility index (Phi) is 10.1. The maximum atomic E-state index is 11.2. The summed E-state index contributed by atoms with van der Waals surface area (Å²) in [7, 11) is 3.65. The van der Waals surface area contributed by atoms with E-state index in [1.54, 1.807) is 10.8 Å². The maximum Gasteiger partial charge on any atom is 0.136 e. The molecule has 0 amide bonds. The summed E-state index contributed by atoms with van der Waals surface area (Å²) >= 11 is 0. The standard InChI is InChI=1S/C10H21NOS2/c1-4-11-6-8-14-13-7-5-10(12)9(2)3/h9,11H,4-8H2,1-3H3. The summed E-state index contributed by atoms with van der Waals surface area (Å²) in [6.07, 6.45) is 0.719. The van der Waals surface area contributed by atoms with Gasteiger partial charge in [0.05, 0.1) is 0 Å². The van der Waals surface area contributed by atoms with E-state index in [1.165, 1.54) is 0 Å². The summed E-state index contributed by atoms with van der Waals surface area (Å²) in [5.41, 5.74) is 0. The lowest BCUT2D eigenvalue weighted by atomic mass is 10.1. The second kappa shape index (κ2) is 9.87. The molecule has 4 heteroatoms. The van der Waals surface area contributed by atoms with Gasteiger partial charge in [0.25, 0.3) is 0 Å². The fourth-order valence-corrected chi connectivity index (χ4v) is 2.79. The molecule has 0 atom stereocenters. The number of carbonyl (C=O) groups excluding carboxylic acids is 1. The van der Waals surface area contributed by atoms with Crippen LogP contribution in [0.5, 0.6) is 0 Å². The molecule has 0 aliphatic heterocycles. The zero-order valence-electron chi connectivity index (χ0n) is 9.34. The highest BCUT2D eigenvalue weighted by Crippen LogP contribution is 2.21. The molecule has 0 aromatic carbocycles. The molecular formula is C10H21NOS2. The normalized spacial score (nSPS) is 10.9. The van der Waals surface area contributed by atoms with Gasteiger partial charge in [-0.05, 0) is 6.54 Å². The van der Waals surface area contributed by atoms with E-state index in [9.17, 15) is 4.79 Å². The van der Waals surface area contributed by atoms with Gasteiger partial charge in [-0.25, -0.2) is 0 Å². The van der Waals surface area contributed by atoms with Crippen molar-refractivity contribution in [1.82, 2.24) is 5.32 Å². The predicted molar refractivity (Wildman–Crippen MR) is 67.9 cm³/mol. The van der Waals surface area contributed by atoms with E-state index < -0.39 is 0 Å². The van der Waals surface area contributed by atoms with Crippen LogP contribution in [0.15, 0.2) is 0 Å². The van der Waals surface area contributed by atoms with Gasteiger partial charge >= 0.3 is 0 Å². The summed E-state index contributed by atoms with van der Waals surface area (Å²) in [6.45, 7) is 8.14. The number of hydrogen-bond donors (Lipinski definition) is 1. The van der Waals surface area contributed by atoms with Gasteiger partial charge in [0.2, 0.25) is 0 Å². The lowest BCUT2D eigenvalue weighted by Crippen LogP contribution is -2.15. The molecule has 0 radical (unpaired) electrons. The van der Waals surface area contributed by atoms with E-state index in [0.29, 0.717) is 5.78 Å². The minimum Gasteiger partial charge on any atom is -0.316 e. The molecule has 0 unspecified atom stereocenters. The Labute approximate surface area is 95.4 Å². The maximum absolute atomic E-state index is 11.2. The molecular weight excluding hydrogens is 214 g/mol. The van der Waals surface area contributed by atoms with E-state index in [-0.39, 0.29) is 5.92 Å². The molecule has 84 valence electrons. The Hall–Kier alpha value is 0.330. The highest BCUT2D eigenvalue weighted by Gasteiger charge is 2.05. The molecule has 1 N–H and O–H groups in total. The molecule has 0 spiro atoms. The topological polar surface area (TPSA) is 29.1 Å². The fourth-order valence-electron chi connectivity index (χ4n) is 0.839. The molecule has 0 aliphatic carbocycles. The van der Waals surface area contributed by atoms with Crippen LogP contribution in [0.3, 0.4) is 0 Å². The van der Waals surface area contributed by atoms with Crippen molar-refractivity contribution in [2.75, 3.05) is 24.6 Å². The predicted octanol–water partition coefficient (Wildman–Crippen LogP) is 2.59. The molecule has 14 heavy (non-hydrogen) atoms. The van der Waals surface area contributed by atoms with Crippen LogP contribution in [0.4, 0.5) is 0 Å². The van der Waals surface area contributed by atoms with Crippen LogP contribution in [-0.2, 0) is 4.79 Å². The highest BCUT2D eigenvalue weighted by atomic mass is 33.1. The van der Waals surface area contributed by atoms with Crippen LogP contribution >= 0.6 is 21.6 Å². The second-order valence-corrected chi connectivity index (χ2v) is 6.07. The monoisotopic (exact) mass is 235 g/mol. The largest absolute Gasteiger partial charge is 0.316 e. The van der Waals surface area contributed by atoms with Gasteiger partial charge in [0.1, 0.15) is 5.78 Å². The summed E-state index contributed by atoms with van der Waals surface area (Å²) in [5, 5.41) is 3.27. The Morgan fingerprint density at radius 1 is 1.29 bits per heavy atom. The van der Waals surface area contributed by atoms with Crippen LogP contribution in [-0.4, -0.2) is 30.4 Å². The zero-order valence-corrected chi connectivity index (χ0v) is 11.0. The van der Waals surface area contributed by atoms with E-state index >= 15 is 0 Å². The minimum absolute atomic E-state index is 0.197. The van der Waals surface area contributed by atoms with Crippen molar-refractivity contribution in [1.29, 1.82) is 0 Å². The molecule has 0 aromatic heterocycles. The molecule has 0 saturated carbocycles. The number of nitrogens with one attached hydrogen (secondary N) is 1. The Balaban J connectivity index is 3.10. The van der Waals surface area contributed by atoms with Gasteiger partial charge in [0, 0.05) is 30.4 Å². The first-order valence-electron chi connectivity index (χ1n) is 5.16. The summed E-state index contributed by atoms with van der Waals surface area (Å²) in [4.78, 5) is 11.2. The van der Waals surface area contributed by atoms with E-state index in [1.807, 2.05) is 24.6 Å². The number of ketones is 1. The van der Waals surface area contributed by atoms with Gasteiger partial charge in [-0.3, -0.25) is 4.79 Å². The lowest BCUT2D eigenvalue weighted by Gasteiger charge is -2.03. The van der Waals surface area contributed by atoms with Crippen molar-refractivity contribution in [3.63, 3.8) is 0 Å². The molecule has 0 saturated heterocycles. The van der Waals surface area contributed by atoms with Gasteiger partial charge in [-0.2, -0.15) is 0 Å². The Morgan fingerprint density at radius 2 is 1.93 bits per heavy atom. The van der Waals surface area contributed by atoms with Crippen molar-refractivity contribution in [3.05, 3.63) is 0 Å². The van der Waals surface area contributed by atoms with Crippen molar-refractivity contribution in [2.45, 2.75) is 27.2 Å². The van der Waals surface area contributed by atoms with Crippen molar-refractivity contribution >= 4 is 27.4 Å². The molecule has 0 heterocycles. The molecule has 0 aliphatic rings. The Bertz CT molecular complexity index is 151. The first kappa shape index (κ1) is 14.3. The van der Waals surface area contributed by atoms with Crippen molar-refractivity contribution < 1.29 is 4.79 Å². The quantitative estimate of drug-likeness (QED) is 0.491. The number of rotatable bonds is 9. The lowest BCUT2D eigenvalue weighted by molar-refractivity contribution is -0.121. The van der Waals surface area contributed by atoms with Crippen LogP contribution in [0, 0.1) is 5.92 Å². The smallest absolute Gasteiger partial charge is 0.136 e. The fraction of sp³-hybridized carbons (Fsp3) is 0.900. The van der Waals surface area contributed by atoms with Gasteiger partial charge in [0.15, 0.2) is 0 Å². The molecule has 0 aromatic rings. The second-order valence-electron chi connectivity index (χ2n) is 3.37. The average Bonchev–Trinajstić information content (AvgIpc) is 2.16. The van der Waals surface area contributed by atoms with Crippen LogP contribution in [0.2, 0.25) is 0 Å². The van der Waals surface area contributed by atoms with Crippen LogP contribution < -0.4 is 5.32 Å². The summed E-state index contributed by atoms with van der Waals surface area (Å²) < 4.78 is 0. The Morgan fingerprint density at radius 3 is 2.50 bits per heavy atom. The van der Waals surface area contributed by atoms with E-state index in [2.05, 4.69) is 12.2 Å². The first-order valence-corrected chi connectivity index (χ1v) is 7.65. The first-order chi connectivity index (χ1) is 6.68. The average molecular weight is 235 g/mol. The number of carbonyl (C=O) groups is 1. The van der Waals surface area contributed by atoms with E-state index in [4.69, 9.17) is 0 Å². The van der Waals surface area contributed by atoms with Gasteiger partial charge in [-0.1, -0.05) is 42.4 Å². The summed E-state index contributed by atoms with van der Waals surface area (Å²) in [6, 6.07) is 0. The van der Waals surface area contributed by atoms with Crippen molar-refractivity contribution in [2.24, 2.45) is 5.92 Å². The molecule has 2 nitrogen and oxygen atoms in total. The minimum atomic E-state index is 0.197. The molecule has 0 bridgehead atoms. The third-order valence-corrected chi connectivity index (χ3v) is 4.18. The van der Waals surface area contributed by atoms with Crippen LogP contribution in [0.25, 0.3) is 0 Å². The zero-order chi connectivity index (χ0) is 10.8. The number of Topliss-reactive ketones (excluding diaryl/α,β-unsaturated/α-hetero) is 1. The third kappa shape index (κ3) is 8.91. The third-order valence-electron chi connectivity index (χ3n) is 1.77. The van der Waals surface area contributed by atoms with Crippen molar-refractivity contribution in [3.8, 4) is 0 Å². The molecule has 0 rings (SSSR count). The number of hydrogen-bond acceptors (Lipinski definition) is 4. The van der Waals surface area contributed by atoms with Gasteiger partial charge < -0.3 is 5.32 Å². The summed E-state index contributed by atoms with van der Waals surface area (Å²) in [5.74, 6) is 2.65. The van der Waals surface area contributed by atoms with E-state index in [0.717, 1.165) is 31.0 Å².